The van der Waals surface area contributed by atoms with Crippen LogP contribution in [0.4, 0.5) is 10.7 Å². The minimum absolute atomic E-state index is 0.0974. The Balaban J connectivity index is 2.21. The van der Waals surface area contributed by atoms with Crippen LogP contribution in [0.2, 0.25) is 0 Å². The highest BCUT2D eigenvalue weighted by Gasteiger charge is 2.25. The average Bonchev–Trinajstić information content (AvgIpc) is 3.02. The van der Waals surface area contributed by atoms with Crippen molar-refractivity contribution in [1.29, 1.82) is 0 Å². The summed E-state index contributed by atoms with van der Waals surface area (Å²) in [5.74, 6) is 0. The Bertz CT molecular complexity index is 765. The lowest BCUT2D eigenvalue weighted by atomic mass is 10.5. The highest BCUT2D eigenvalue weighted by molar-refractivity contribution is 7.91. The average molecular weight is 348 g/mol. The van der Waals surface area contributed by atoms with E-state index in [4.69, 9.17) is 0 Å². The molecule has 2 aromatic heterocycles. The Morgan fingerprint density at radius 3 is 2.62 bits per heavy atom. The maximum atomic E-state index is 12.1. The molecule has 21 heavy (non-hydrogen) atoms. The van der Waals surface area contributed by atoms with Gasteiger partial charge in [-0.2, -0.15) is 0 Å². The Labute approximate surface area is 129 Å². The fraction of sp³-hybridized carbons (Fsp3) is 0.300. The van der Waals surface area contributed by atoms with E-state index in [1.54, 1.807) is 6.20 Å². The molecule has 0 aliphatic rings. The van der Waals surface area contributed by atoms with E-state index in [9.17, 15) is 18.5 Å². The second-order valence-corrected chi connectivity index (χ2v) is 8.32. The van der Waals surface area contributed by atoms with Gasteiger partial charge in [0.05, 0.1) is 9.93 Å². The molecule has 0 unspecified atom stereocenters. The van der Waals surface area contributed by atoms with Crippen LogP contribution in [-0.2, 0) is 16.6 Å². The Morgan fingerprint density at radius 1 is 1.43 bits per heavy atom. The molecule has 0 fully saturated rings. The third kappa shape index (κ3) is 3.56. The molecule has 11 heteroatoms. The van der Waals surface area contributed by atoms with E-state index in [2.05, 4.69) is 15.0 Å². The maximum absolute atomic E-state index is 12.1. The summed E-state index contributed by atoms with van der Waals surface area (Å²) in [6, 6.07) is 1.05. The number of anilines is 1. The van der Waals surface area contributed by atoms with Gasteiger partial charge in [0.2, 0.25) is 0 Å². The normalized spacial score (nSPS) is 11.5. The SMILES string of the molecule is CNc1sc(S(=O)(=O)NCc2cnc(C)s2)cc1[N+](=O)[O-]. The predicted octanol–water partition coefficient (Wildman–Crippen LogP) is 1.94. The molecule has 0 aliphatic heterocycles. The molecule has 2 aromatic rings. The molecule has 0 aliphatic carbocycles. The molecule has 0 saturated heterocycles. The van der Waals surface area contributed by atoms with Crippen LogP contribution in [0.5, 0.6) is 0 Å². The predicted molar refractivity (Wildman–Crippen MR) is 81.4 cm³/mol. The summed E-state index contributed by atoms with van der Waals surface area (Å²) in [5, 5.41) is 14.5. The smallest absolute Gasteiger partial charge is 0.304 e. The van der Waals surface area contributed by atoms with Crippen LogP contribution in [0.25, 0.3) is 0 Å². The van der Waals surface area contributed by atoms with Crippen LogP contribution < -0.4 is 10.0 Å². The third-order valence-electron chi connectivity index (χ3n) is 2.48. The number of nitrogens with one attached hydrogen (secondary N) is 2. The molecule has 2 heterocycles. The van der Waals surface area contributed by atoms with Crippen molar-refractivity contribution in [3.8, 4) is 0 Å². The highest BCUT2D eigenvalue weighted by Crippen LogP contribution is 2.36. The van der Waals surface area contributed by atoms with Crippen molar-refractivity contribution >= 4 is 43.4 Å². The van der Waals surface area contributed by atoms with Crippen LogP contribution in [0.15, 0.2) is 16.5 Å². The maximum Gasteiger partial charge on any atom is 0.304 e. The minimum atomic E-state index is -3.79. The van der Waals surface area contributed by atoms with Crippen molar-refractivity contribution in [2.24, 2.45) is 0 Å². The molecule has 2 N–H and O–H groups in total. The van der Waals surface area contributed by atoms with Gasteiger partial charge in [-0.1, -0.05) is 11.3 Å². The number of thiazole rings is 1. The lowest BCUT2D eigenvalue weighted by molar-refractivity contribution is -0.383. The van der Waals surface area contributed by atoms with Gasteiger partial charge in [0.15, 0.2) is 5.00 Å². The molecule has 2 rings (SSSR count). The molecular weight excluding hydrogens is 336 g/mol. The number of aromatic nitrogens is 1. The summed E-state index contributed by atoms with van der Waals surface area (Å²) in [6.07, 6.45) is 1.60. The molecule has 0 amide bonds. The molecule has 0 aromatic carbocycles. The monoisotopic (exact) mass is 348 g/mol. The quantitative estimate of drug-likeness (QED) is 0.609. The molecule has 0 spiro atoms. The Morgan fingerprint density at radius 2 is 2.14 bits per heavy atom. The zero-order valence-electron chi connectivity index (χ0n) is 11.1. The minimum Gasteiger partial charge on any atom is -0.374 e. The first-order valence-corrected chi connectivity index (χ1v) is 8.82. The van der Waals surface area contributed by atoms with Crippen molar-refractivity contribution in [3.63, 3.8) is 0 Å². The van der Waals surface area contributed by atoms with Crippen molar-refractivity contribution in [3.05, 3.63) is 32.3 Å². The second kappa shape index (κ2) is 6.05. The molecule has 0 radical (unpaired) electrons. The Hall–Kier alpha value is -1.56. The van der Waals surface area contributed by atoms with Gasteiger partial charge in [-0.3, -0.25) is 10.1 Å². The number of hydrogen-bond acceptors (Lipinski definition) is 8. The van der Waals surface area contributed by atoms with Gasteiger partial charge < -0.3 is 5.32 Å². The third-order valence-corrected chi connectivity index (χ3v) is 6.41. The van der Waals surface area contributed by atoms with E-state index in [0.29, 0.717) is 0 Å². The first-order chi connectivity index (χ1) is 9.83. The standard InChI is InChI=1S/C10H12N4O4S3/c1-6-12-4-7(19-6)5-13-21(17,18)9-3-8(14(15)16)10(11-2)20-9/h3-4,11,13H,5H2,1-2H3. The van der Waals surface area contributed by atoms with Gasteiger partial charge in [0.1, 0.15) is 4.21 Å². The van der Waals surface area contributed by atoms with Crippen LogP contribution >= 0.6 is 22.7 Å². The summed E-state index contributed by atoms with van der Waals surface area (Å²) in [6.45, 7) is 1.93. The van der Waals surface area contributed by atoms with Crippen LogP contribution in [-0.4, -0.2) is 25.4 Å². The largest absolute Gasteiger partial charge is 0.374 e. The number of rotatable bonds is 6. The first kappa shape index (κ1) is 15.8. The van der Waals surface area contributed by atoms with Gasteiger partial charge in [-0.25, -0.2) is 18.1 Å². The van der Waals surface area contributed by atoms with Crippen LogP contribution in [0, 0.1) is 17.0 Å². The second-order valence-electron chi connectivity index (χ2n) is 3.96. The van der Waals surface area contributed by atoms with Crippen molar-refractivity contribution in [2.45, 2.75) is 17.7 Å². The zero-order valence-corrected chi connectivity index (χ0v) is 13.6. The summed E-state index contributed by atoms with van der Waals surface area (Å²) >= 11 is 2.21. The van der Waals surface area contributed by atoms with E-state index < -0.39 is 14.9 Å². The molecule has 0 saturated carbocycles. The van der Waals surface area contributed by atoms with E-state index >= 15 is 0 Å². The van der Waals surface area contributed by atoms with E-state index in [1.807, 2.05) is 6.92 Å². The van der Waals surface area contributed by atoms with Crippen molar-refractivity contribution in [1.82, 2.24) is 9.71 Å². The van der Waals surface area contributed by atoms with Gasteiger partial charge >= 0.3 is 5.69 Å². The summed E-state index contributed by atoms with van der Waals surface area (Å²) in [4.78, 5) is 15.0. The van der Waals surface area contributed by atoms with E-state index in [-0.39, 0.29) is 21.4 Å². The van der Waals surface area contributed by atoms with Crippen molar-refractivity contribution < 1.29 is 13.3 Å². The zero-order chi connectivity index (χ0) is 15.6. The number of sulfonamides is 1. The lowest BCUT2D eigenvalue weighted by Gasteiger charge is -2.01. The molecular formula is C10H12N4O4S3. The number of aryl methyl sites for hydroxylation is 1. The van der Waals surface area contributed by atoms with Crippen molar-refractivity contribution in [2.75, 3.05) is 12.4 Å². The first-order valence-electron chi connectivity index (χ1n) is 5.70. The number of nitro groups is 1. The fourth-order valence-electron chi connectivity index (χ4n) is 1.53. The molecule has 8 nitrogen and oxygen atoms in total. The van der Waals surface area contributed by atoms with Gasteiger partial charge in [-0.15, -0.1) is 11.3 Å². The number of thiophene rings is 1. The molecule has 114 valence electrons. The van der Waals surface area contributed by atoms with Crippen LogP contribution in [0.1, 0.15) is 9.88 Å². The Kier molecular flexibility index (Phi) is 4.56. The van der Waals surface area contributed by atoms with E-state index in [0.717, 1.165) is 27.3 Å². The lowest BCUT2D eigenvalue weighted by Crippen LogP contribution is -2.21. The fourth-order valence-corrected chi connectivity index (χ4v) is 4.69. The summed E-state index contributed by atoms with van der Waals surface area (Å²) in [7, 11) is -2.29. The molecule has 0 bridgehead atoms. The number of hydrogen-bond donors (Lipinski definition) is 2. The molecule has 0 atom stereocenters. The van der Waals surface area contributed by atoms with Crippen LogP contribution in [0.3, 0.4) is 0 Å². The summed E-state index contributed by atoms with van der Waals surface area (Å²) < 4.78 is 26.6. The number of nitrogens with zero attached hydrogens (tertiary/aromatic N) is 2. The van der Waals surface area contributed by atoms with Gasteiger partial charge in [-0.05, 0) is 6.92 Å². The van der Waals surface area contributed by atoms with Gasteiger partial charge in [0.25, 0.3) is 10.0 Å². The topological polar surface area (TPSA) is 114 Å². The summed E-state index contributed by atoms with van der Waals surface area (Å²) in [5.41, 5.74) is -0.253. The highest BCUT2D eigenvalue weighted by atomic mass is 32.2. The van der Waals surface area contributed by atoms with Gasteiger partial charge in [0, 0.05) is 30.7 Å². The van der Waals surface area contributed by atoms with E-state index in [1.165, 1.54) is 18.4 Å².